The number of piperidine rings is 1. The lowest BCUT2D eigenvalue weighted by Crippen LogP contribution is -2.36. The van der Waals surface area contributed by atoms with Gasteiger partial charge in [-0.2, -0.15) is 13.2 Å². The number of aromatic amines is 1. The number of nitrogens with zero attached hydrogens (tertiary/aromatic N) is 4. The van der Waals surface area contributed by atoms with E-state index in [4.69, 9.17) is 0 Å². The zero-order valence-electron chi connectivity index (χ0n) is 12.8. The van der Waals surface area contributed by atoms with Crippen molar-refractivity contribution in [1.29, 1.82) is 0 Å². The summed E-state index contributed by atoms with van der Waals surface area (Å²) in [5.41, 5.74) is 0.409. The van der Waals surface area contributed by atoms with Gasteiger partial charge in [-0.3, -0.25) is 0 Å². The molecule has 0 unspecified atom stereocenters. The molecule has 0 aromatic carbocycles. The zero-order chi connectivity index (χ0) is 16.4. The number of rotatable bonds is 4. The number of fused-ring (bicyclic) bond motifs is 1. The number of anilines is 1. The second kappa shape index (κ2) is 6.31. The van der Waals surface area contributed by atoms with Crippen LogP contribution in [0.4, 0.5) is 19.0 Å². The molecule has 23 heavy (non-hydrogen) atoms. The molecule has 6 nitrogen and oxygen atoms in total. The summed E-state index contributed by atoms with van der Waals surface area (Å²) in [6.45, 7) is 5.59. The van der Waals surface area contributed by atoms with Gasteiger partial charge in [-0.15, -0.1) is 0 Å². The van der Waals surface area contributed by atoms with Crippen molar-refractivity contribution in [3.05, 3.63) is 12.2 Å². The van der Waals surface area contributed by atoms with E-state index in [1.807, 2.05) is 0 Å². The Kier molecular flexibility index (Phi) is 4.38. The van der Waals surface area contributed by atoms with Crippen molar-refractivity contribution in [2.24, 2.45) is 5.92 Å². The molecule has 1 aliphatic heterocycles. The van der Waals surface area contributed by atoms with E-state index in [9.17, 15) is 13.2 Å². The lowest BCUT2D eigenvalue weighted by Gasteiger charge is -2.30. The first-order chi connectivity index (χ1) is 10.9. The van der Waals surface area contributed by atoms with Crippen LogP contribution in [-0.2, 0) is 6.18 Å². The van der Waals surface area contributed by atoms with Gasteiger partial charge in [-0.25, -0.2) is 15.0 Å². The predicted octanol–water partition coefficient (Wildman–Crippen LogP) is 2.52. The van der Waals surface area contributed by atoms with Crippen molar-refractivity contribution in [1.82, 2.24) is 24.8 Å². The Hall–Kier alpha value is -1.90. The van der Waals surface area contributed by atoms with Gasteiger partial charge in [-0.05, 0) is 31.8 Å². The second-order valence-electron chi connectivity index (χ2n) is 5.95. The summed E-state index contributed by atoms with van der Waals surface area (Å²) >= 11 is 0. The summed E-state index contributed by atoms with van der Waals surface area (Å²) in [4.78, 5) is 15.9. The third-order valence-electron chi connectivity index (χ3n) is 4.14. The Morgan fingerprint density at radius 2 is 2.04 bits per heavy atom. The molecule has 0 amide bonds. The Morgan fingerprint density at radius 1 is 1.30 bits per heavy atom. The largest absolute Gasteiger partial charge is 0.451 e. The average Bonchev–Trinajstić information content (AvgIpc) is 2.97. The van der Waals surface area contributed by atoms with Crippen LogP contribution in [0.25, 0.3) is 11.2 Å². The Labute approximate surface area is 131 Å². The molecular weight excluding hydrogens is 309 g/mol. The molecule has 2 N–H and O–H groups in total. The molecule has 3 heterocycles. The summed E-state index contributed by atoms with van der Waals surface area (Å²) in [5.74, 6) is -0.281. The standard InChI is InChI=1S/C14H19F3N6/c1-9-2-5-23(6-3-9)7-4-18-11-10-12(20-8-19-10)22-13(21-11)14(15,16)17/h8-9H,2-7H2,1H3,(H2,18,19,20,21,22). The number of alkyl halides is 3. The molecule has 3 rings (SSSR count). The maximum absolute atomic E-state index is 12.9. The average molecular weight is 328 g/mol. The first-order valence-corrected chi connectivity index (χ1v) is 7.68. The van der Waals surface area contributed by atoms with Crippen LogP contribution >= 0.6 is 0 Å². The molecule has 126 valence electrons. The number of hydrogen-bond donors (Lipinski definition) is 2. The fourth-order valence-corrected chi connectivity index (χ4v) is 2.71. The highest BCUT2D eigenvalue weighted by molar-refractivity contribution is 5.82. The van der Waals surface area contributed by atoms with Crippen molar-refractivity contribution in [3.8, 4) is 0 Å². The van der Waals surface area contributed by atoms with Crippen molar-refractivity contribution in [2.45, 2.75) is 25.9 Å². The molecule has 0 aliphatic carbocycles. The van der Waals surface area contributed by atoms with Crippen LogP contribution in [0.2, 0.25) is 0 Å². The third-order valence-corrected chi connectivity index (χ3v) is 4.14. The fourth-order valence-electron chi connectivity index (χ4n) is 2.71. The summed E-state index contributed by atoms with van der Waals surface area (Å²) in [5, 5.41) is 2.98. The highest BCUT2D eigenvalue weighted by Crippen LogP contribution is 2.29. The van der Waals surface area contributed by atoms with Gasteiger partial charge in [-0.1, -0.05) is 6.92 Å². The minimum atomic E-state index is -4.59. The SMILES string of the molecule is CC1CCN(CCNc2nc(C(F)(F)F)nc3nc[nH]c23)CC1. The van der Waals surface area contributed by atoms with E-state index in [1.165, 1.54) is 6.33 Å². The Balaban J connectivity index is 1.68. The number of nitrogens with one attached hydrogen (secondary N) is 2. The van der Waals surface area contributed by atoms with Gasteiger partial charge >= 0.3 is 6.18 Å². The van der Waals surface area contributed by atoms with Gasteiger partial charge in [0.2, 0.25) is 5.82 Å². The number of imidazole rings is 1. The molecule has 0 saturated carbocycles. The summed E-state index contributed by atoms with van der Waals surface area (Å²) in [6, 6.07) is 0. The maximum Gasteiger partial charge on any atom is 0.451 e. The van der Waals surface area contributed by atoms with Crippen LogP contribution < -0.4 is 5.32 Å². The third kappa shape index (κ3) is 3.72. The predicted molar refractivity (Wildman–Crippen MR) is 80.0 cm³/mol. The molecule has 0 bridgehead atoms. The highest BCUT2D eigenvalue weighted by Gasteiger charge is 2.36. The van der Waals surface area contributed by atoms with Crippen LogP contribution in [0.15, 0.2) is 6.33 Å². The minimum Gasteiger partial charge on any atom is -0.367 e. The minimum absolute atomic E-state index is 0.0154. The highest BCUT2D eigenvalue weighted by atomic mass is 19.4. The van der Waals surface area contributed by atoms with Crippen molar-refractivity contribution >= 4 is 17.0 Å². The lowest BCUT2D eigenvalue weighted by molar-refractivity contribution is -0.144. The first-order valence-electron chi connectivity index (χ1n) is 7.68. The molecule has 1 aliphatic rings. The van der Waals surface area contributed by atoms with Crippen molar-refractivity contribution < 1.29 is 13.2 Å². The molecule has 0 radical (unpaired) electrons. The Morgan fingerprint density at radius 3 is 2.74 bits per heavy atom. The van der Waals surface area contributed by atoms with Crippen LogP contribution in [0, 0.1) is 5.92 Å². The fraction of sp³-hybridized carbons (Fsp3) is 0.643. The van der Waals surface area contributed by atoms with Gasteiger partial charge in [0.1, 0.15) is 5.52 Å². The molecule has 2 aromatic rings. The summed E-state index contributed by atoms with van der Waals surface area (Å²) in [7, 11) is 0. The van der Waals surface area contributed by atoms with Crippen molar-refractivity contribution in [2.75, 3.05) is 31.5 Å². The van der Waals surface area contributed by atoms with Gasteiger partial charge < -0.3 is 15.2 Å². The zero-order valence-corrected chi connectivity index (χ0v) is 12.8. The molecule has 0 spiro atoms. The van der Waals surface area contributed by atoms with Crippen LogP contribution in [0.1, 0.15) is 25.6 Å². The molecule has 9 heteroatoms. The first kappa shape index (κ1) is 16.0. The van der Waals surface area contributed by atoms with Crippen LogP contribution in [0.3, 0.4) is 0 Å². The molecule has 1 fully saturated rings. The van der Waals surface area contributed by atoms with E-state index in [2.05, 4.69) is 37.1 Å². The van der Waals surface area contributed by atoms with E-state index in [0.717, 1.165) is 38.4 Å². The van der Waals surface area contributed by atoms with Gasteiger partial charge in [0.05, 0.1) is 6.33 Å². The Bertz CT molecular complexity index is 660. The molecule has 2 aromatic heterocycles. The van der Waals surface area contributed by atoms with Crippen LogP contribution in [-0.4, -0.2) is 51.0 Å². The number of hydrogen-bond acceptors (Lipinski definition) is 5. The van der Waals surface area contributed by atoms with E-state index < -0.39 is 12.0 Å². The van der Waals surface area contributed by atoms with Crippen molar-refractivity contribution in [3.63, 3.8) is 0 Å². The van der Waals surface area contributed by atoms with Gasteiger partial charge in [0.25, 0.3) is 0 Å². The lowest BCUT2D eigenvalue weighted by atomic mass is 9.99. The quantitative estimate of drug-likeness (QED) is 0.902. The number of aromatic nitrogens is 4. The maximum atomic E-state index is 12.9. The molecule has 0 atom stereocenters. The summed E-state index contributed by atoms with van der Waals surface area (Å²) < 4.78 is 38.6. The smallest absolute Gasteiger partial charge is 0.367 e. The monoisotopic (exact) mass is 328 g/mol. The second-order valence-corrected chi connectivity index (χ2v) is 5.95. The topological polar surface area (TPSA) is 69.7 Å². The number of halogens is 3. The summed E-state index contributed by atoms with van der Waals surface area (Å²) in [6.07, 6.45) is -0.948. The van der Waals surface area contributed by atoms with E-state index >= 15 is 0 Å². The van der Waals surface area contributed by atoms with Crippen LogP contribution in [0.5, 0.6) is 0 Å². The number of likely N-dealkylation sites (tertiary alicyclic amines) is 1. The molecule has 1 saturated heterocycles. The van der Waals surface area contributed by atoms with E-state index in [0.29, 0.717) is 12.1 Å². The molecular formula is C14H19F3N6. The normalized spacial score (nSPS) is 17.7. The van der Waals surface area contributed by atoms with E-state index in [1.54, 1.807) is 0 Å². The van der Waals surface area contributed by atoms with Gasteiger partial charge in [0.15, 0.2) is 11.5 Å². The van der Waals surface area contributed by atoms with Gasteiger partial charge in [0, 0.05) is 13.1 Å². The number of H-pyrrole nitrogens is 1. The van der Waals surface area contributed by atoms with E-state index in [-0.39, 0.29) is 11.5 Å².